The van der Waals surface area contributed by atoms with Crippen LogP contribution in [-0.4, -0.2) is 11.6 Å². The summed E-state index contributed by atoms with van der Waals surface area (Å²) in [4.78, 5) is 6.22. The van der Waals surface area contributed by atoms with Gasteiger partial charge in [0, 0.05) is 23.4 Å². The van der Waals surface area contributed by atoms with Crippen LogP contribution in [0.15, 0.2) is 0 Å². The summed E-state index contributed by atoms with van der Waals surface area (Å²) in [5.74, 6) is 0.801. The molecular formula is C17H30N2OS. The minimum atomic E-state index is -0.167. The van der Waals surface area contributed by atoms with Crippen molar-refractivity contribution < 1.29 is 4.74 Å². The fourth-order valence-electron chi connectivity index (χ4n) is 3.20. The number of thiazole rings is 1. The predicted molar refractivity (Wildman–Crippen MR) is 89.6 cm³/mol. The van der Waals surface area contributed by atoms with Crippen molar-refractivity contribution in [2.24, 2.45) is 11.7 Å². The van der Waals surface area contributed by atoms with Crippen molar-refractivity contribution in [3.63, 3.8) is 0 Å². The molecule has 1 aromatic heterocycles. The Hall–Kier alpha value is -0.450. The van der Waals surface area contributed by atoms with Gasteiger partial charge in [0.05, 0.1) is 5.69 Å². The molecule has 0 amide bonds. The van der Waals surface area contributed by atoms with Crippen LogP contribution in [0.4, 0.5) is 0 Å². The van der Waals surface area contributed by atoms with E-state index in [9.17, 15) is 0 Å². The molecule has 0 aliphatic heterocycles. The van der Waals surface area contributed by atoms with Crippen LogP contribution >= 0.6 is 11.3 Å². The minimum Gasteiger partial charge on any atom is -0.368 e. The first-order valence-corrected chi connectivity index (χ1v) is 8.98. The van der Waals surface area contributed by atoms with Gasteiger partial charge in [-0.2, -0.15) is 0 Å². The van der Waals surface area contributed by atoms with Gasteiger partial charge in [0.1, 0.15) is 10.6 Å². The SMILES string of the molecule is CCOC1(c2nc(C(C)(C)C)c(CN)s2)CCC(C)CC1. The van der Waals surface area contributed by atoms with Gasteiger partial charge in [-0.1, -0.05) is 27.7 Å². The van der Waals surface area contributed by atoms with E-state index in [1.165, 1.54) is 17.7 Å². The molecule has 1 aromatic rings. The van der Waals surface area contributed by atoms with Crippen molar-refractivity contribution in [1.82, 2.24) is 4.98 Å². The van der Waals surface area contributed by atoms with Gasteiger partial charge < -0.3 is 10.5 Å². The third-order valence-corrected chi connectivity index (χ3v) is 5.75. The van der Waals surface area contributed by atoms with Crippen molar-refractivity contribution in [1.29, 1.82) is 0 Å². The van der Waals surface area contributed by atoms with Crippen LogP contribution in [0.5, 0.6) is 0 Å². The number of ether oxygens (including phenoxy) is 1. The standard InChI is InChI=1S/C17H30N2OS/c1-6-20-17(9-7-12(2)8-10-17)15-19-14(16(3,4)5)13(11-18)21-15/h12H,6-11,18H2,1-5H3. The summed E-state index contributed by atoms with van der Waals surface area (Å²) in [6.07, 6.45) is 4.62. The Morgan fingerprint density at radius 2 is 1.95 bits per heavy atom. The number of hydrogen-bond donors (Lipinski definition) is 1. The highest BCUT2D eigenvalue weighted by Gasteiger charge is 2.40. The highest BCUT2D eigenvalue weighted by Crippen LogP contribution is 2.45. The van der Waals surface area contributed by atoms with Gasteiger partial charge in [-0.05, 0) is 38.5 Å². The van der Waals surface area contributed by atoms with E-state index in [1.54, 1.807) is 11.3 Å². The lowest BCUT2D eigenvalue weighted by Crippen LogP contribution is -2.34. The summed E-state index contributed by atoms with van der Waals surface area (Å²) in [5, 5.41) is 1.15. The fraction of sp³-hybridized carbons (Fsp3) is 0.824. The van der Waals surface area contributed by atoms with E-state index in [-0.39, 0.29) is 11.0 Å². The zero-order chi connectivity index (χ0) is 15.7. The summed E-state index contributed by atoms with van der Waals surface area (Å²) in [6, 6.07) is 0. The maximum atomic E-state index is 6.24. The summed E-state index contributed by atoms with van der Waals surface area (Å²) >= 11 is 1.77. The van der Waals surface area contributed by atoms with E-state index in [0.717, 1.165) is 36.1 Å². The quantitative estimate of drug-likeness (QED) is 0.900. The molecule has 1 heterocycles. The Balaban J connectivity index is 2.39. The molecule has 1 saturated carbocycles. The van der Waals surface area contributed by atoms with Crippen LogP contribution in [0.1, 0.15) is 75.9 Å². The first-order valence-electron chi connectivity index (χ1n) is 8.17. The number of rotatable bonds is 4. The maximum Gasteiger partial charge on any atom is 0.125 e. The number of nitrogens with two attached hydrogens (primary N) is 1. The molecule has 2 N–H and O–H groups in total. The molecule has 120 valence electrons. The molecule has 3 nitrogen and oxygen atoms in total. The molecule has 0 radical (unpaired) electrons. The minimum absolute atomic E-state index is 0.0405. The Morgan fingerprint density at radius 3 is 2.38 bits per heavy atom. The molecule has 1 aliphatic carbocycles. The lowest BCUT2D eigenvalue weighted by molar-refractivity contribution is -0.0777. The number of nitrogens with zero attached hydrogens (tertiary/aromatic N) is 1. The van der Waals surface area contributed by atoms with E-state index in [2.05, 4.69) is 34.6 Å². The molecule has 4 heteroatoms. The zero-order valence-corrected chi connectivity index (χ0v) is 15.0. The van der Waals surface area contributed by atoms with Crippen LogP contribution in [0, 0.1) is 5.92 Å². The molecule has 0 atom stereocenters. The lowest BCUT2D eigenvalue weighted by atomic mass is 9.79. The van der Waals surface area contributed by atoms with Gasteiger partial charge in [0.25, 0.3) is 0 Å². The second kappa shape index (κ2) is 6.35. The van der Waals surface area contributed by atoms with Crippen LogP contribution in [0.3, 0.4) is 0 Å². The van der Waals surface area contributed by atoms with Crippen LogP contribution < -0.4 is 5.73 Å². The largest absolute Gasteiger partial charge is 0.368 e. The van der Waals surface area contributed by atoms with E-state index in [0.29, 0.717) is 6.54 Å². The summed E-state index contributed by atoms with van der Waals surface area (Å²) in [5.41, 5.74) is 6.99. The molecule has 0 bridgehead atoms. The Kier molecular flexibility index (Phi) is 5.11. The van der Waals surface area contributed by atoms with Gasteiger partial charge in [-0.15, -0.1) is 11.3 Å². The van der Waals surface area contributed by atoms with Crippen molar-refractivity contribution in [3.05, 3.63) is 15.6 Å². The smallest absolute Gasteiger partial charge is 0.125 e. The molecule has 0 spiro atoms. The van der Waals surface area contributed by atoms with Crippen molar-refractivity contribution in [2.75, 3.05) is 6.61 Å². The molecule has 21 heavy (non-hydrogen) atoms. The van der Waals surface area contributed by atoms with Crippen molar-refractivity contribution in [2.45, 2.75) is 77.9 Å². The third kappa shape index (κ3) is 3.49. The van der Waals surface area contributed by atoms with Gasteiger partial charge in [0.2, 0.25) is 0 Å². The molecule has 0 saturated heterocycles. The summed E-state index contributed by atoms with van der Waals surface area (Å²) in [7, 11) is 0. The average Bonchev–Trinajstić information content (AvgIpc) is 2.87. The Labute approximate surface area is 133 Å². The Morgan fingerprint density at radius 1 is 1.33 bits per heavy atom. The maximum absolute atomic E-state index is 6.24. The van der Waals surface area contributed by atoms with E-state index < -0.39 is 0 Å². The molecule has 0 unspecified atom stereocenters. The predicted octanol–water partition coefficient (Wildman–Crippen LogP) is 4.34. The summed E-state index contributed by atoms with van der Waals surface area (Å²) in [6.45, 7) is 12.4. The van der Waals surface area contributed by atoms with E-state index in [1.807, 2.05) is 0 Å². The second-order valence-corrected chi connectivity index (χ2v) is 8.44. The fourth-order valence-corrected chi connectivity index (χ4v) is 4.55. The van der Waals surface area contributed by atoms with Gasteiger partial charge in [0.15, 0.2) is 0 Å². The first kappa shape index (κ1) is 16.9. The topological polar surface area (TPSA) is 48.1 Å². The third-order valence-electron chi connectivity index (χ3n) is 4.49. The van der Waals surface area contributed by atoms with Crippen LogP contribution in [0.2, 0.25) is 0 Å². The molecular weight excluding hydrogens is 280 g/mol. The van der Waals surface area contributed by atoms with Gasteiger partial charge in [-0.3, -0.25) is 0 Å². The zero-order valence-electron chi connectivity index (χ0n) is 14.2. The van der Waals surface area contributed by atoms with Crippen LogP contribution in [-0.2, 0) is 22.3 Å². The average molecular weight is 311 g/mol. The lowest BCUT2D eigenvalue weighted by Gasteiger charge is -2.37. The Bertz CT molecular complexity index is 468. The molecule has 0 aromatic carbocycles. The van der Waals surface area contributed by atoms with E-state index >= 15 is 0 Å². The second-order valence-electron chi connectivity index (χ2n) is 7.35. The molecule has 1 aliphatic rings. The highest BCUT2D eigenvalue weighted by molar-refractivity contribution is 7.11. The number of aromatic nitrogens is 1. The molecule has 2 rings (SSSR count). The molecule has 1 fully saturated rings. The van der Waals surface area contributed by atoms with Crippen molar-refractivity contribution in [3.8, 4) is 0 Å². The van der Waals surface area contributed by atoms with Gasteiger partial charge >= 0.3 is 0 Å². The number of hydrogen-bond acceptors (Lipinski definition) is 4. The van der Waals surface area contributed by atoms with Crippen molar-refractivity contribution >= 4 is 11.3 Å². The normalized spacial score (nSPS) is 27.0. The van der Waals surface area contributed by atoms with E-state index in [4.69, 9.17) is 15.5 Å². The summed E-state index contributed by atoms with van der Waals surface area (Å²) < 4.78 is 6.24. The van der Waals surface area contributed by atoms with Gasteiger partial charge in [-0.25, -0.2) is 4.98 Å². The first-order chi connectivity index (χ1) is 9.82. The highest BCUT2D eigenvalue weighted by atomic mass is 32.1. The van der Waals surface area contributed by atoms with Crippen LogP contribution in [0.25, 0.3) is 0 Å². The monoisotopic (exact) mass is 310 g/mol.